The predicted molar refractivity (Wildman–Crippen MR) is 81.1 cm³/mol. The number of carbonyl (C=O) groups is 1. The second-order valence-electron chi connectivity index (χ2n) is 4.82. The van der Waals surface area contributed by atoms with E-state index in [1.54, 1.807) is 24.3 Å². The van der Waals surface area contributed by atoms with Crippen LogP contribution in [0.4, 0.5) is 0 Å². The monoisotopic (exact) mass is 288 g/mol. The Labute approximate surface area is 119 Å². The summed E-state index contributed by atoms with van der Waals surface area (Å²) in [7, 11) is -2.56. The lowest BCUT2D eigenvalue weighted by molar-refractivity contribution is 0.0750. The van der Waals surface area contributed by atoms with E-state index in [0.717, 1.165) is 16.7 Å². The van der Waals surface area contributed by atoms with Crippen LogP contribution in [0.3, 0.4) is 0 Å². The molecule has 0 aliphatic rings. The maximum atomic E-state index is 12.2. The van der Waals surface area contributed by atoms with Gasteiger partial charge in [0.25, 0.3) is 8.03 Å². The van der Waals surface area contributed by atoms with E-state index in [9.17, 15) is 9.36 Å². The molecule has 0 saturated carbocycles. The fourth-order valence-electron chi connectivity index (χ4n) is 2.27. The van der Waals surface area contributed by atoms with Crippen LogP contribution in [0.15, 0.2) is 42.5 Å². The molecule has 0 amide bonds. The van der Waals surface area contributed by atoms with Crippen molar-refractivity contribution >= 4 is 19.3 Å². The van der Waals surface area contributed by atoms with Gasteiger partial charge in [-0.2, -0.15) is 0 Å². The van der Waals surface area contributed by atoms with Crippen molar-refractivity contribution in [3.63, 3.8) is 0 Å². The molecule has 0 saturated heterocycles. The molecule has 20 heavy (non-hydrogen) atoms. The predicted octanol–water partition coefficient (Wildman–Crippen LogP) is 3.57. The number of hydrogen-bond donors (Lipinski definition) is 0. The summed E-state index contributed by atoms with van der Waals surface area (Å²) >= 11 is 0. The van der Waals surface area contributed by atoms with Gasteiger partial charge in [0.1, 0.15) is 0 Å². The first-order chi connectivity index (χ1) is 9.49. The molecule has 0 fully saturated rings. The van der Waals surface area contributed by atoms with Crippen LogP contribution in [0.5, 0.6) is 0 Å². The molecule has 0 aromatic heterocycles. The van der Waals surface area contributed by atoms with Gasteiger partial charge in [-0.05, 0) is 44.0 Å². The van der Waals surface area contributed by atoms with E-state index in [4.69, 9.17) is 4.52 Å². The molecule has 3 nitrogen and oxygen atoms in total. The highest BCUT2D eigenvalue weighted by atomic mass is 31.1. The number of hydrogen-bond acceptors (Lipinski definition) is 3. The molecule has 0 aliphatic carbocycles. The lowest BCUT2D eigenvalue weighted by atomic mass is 10.0. The summed E-state index contributed by atoms with van der Waals surface area (Å²) < 4.78 is 17.2. The van der Waals surface area contributed by atoms with Gasteiger partial charge in [-0.1, -0.05) is 35.9 Å². The summed E-state index contributed by atoms with van der Waals surface area (Å²) in [6.45, 7) is 5.69. The highest BCUT2D eigenvalue weighted by Crippen LogP contribution is 2.26. The third kappa shape index (κ3) is 3.17. The van der Waals surface area contributed by atoms with E-state index in [-0.39, 0.29) is 0 Å². The van der Waals surface area contributed by atoms with Gasteiger partial charge in [-0.25, -0.2) is 4.79 Å². The van der Waals surface area contributed by atoms with E-state index in [0.29, 0.717) is 10.9 Å². The van der Waals surface area contributed by atoms with Crippen molar-refractivity contribution in [1.82, 2.24) is 0 Å². The van der Waals surface area contributed by atoms with Crippen LogP contribution in [-0.2, 0) is 9.09 Å². The zero-order valence-corrected chi connectivity index (χ0v) is 12.8. The first-order valence-electron chi connectivity index (χ1n) is 6.38. The highest BCUT2D eigenvalue weighted by Gasteiger charge is 2.17. The van der Waals surface area contributed by atoms with Crippen LogP contribution in [0.2, 0.25) is 0 Å². The minimum Gasteiger partial charge on any atom is -0.407 e. The van der Waals surface area contributed by atoms with Gasteiger partial charge < -0.3 is 4.52 Å². The third-order valence-corrected chi connectivity index (χ3v) is 4.25. The van der Waals surface area contributed by atoms with Crippen molar-refractivity contribution in [2.45, 2.75) is 20.8 Å². The summed E-state index contributed by atoms with van der Waals surface area (Å²) in [5.74, 6) is -0.521. The summed E-state index contributed by atoms with van der Waals surface area (Å²) in [4.78, 5) is 12.2. The second kappa shape index (κ2) is 6.06. The Balaban J connectivity index is 2.24. The first kappa shape index (κ1) is 14.5. The number of carbonyl (C=O) groups excluding carboxylic acids is 1. The average molecular weight is 288 g/mol. The van der Waals surface area contributed by atoms with E-state index in [1.807, 2.05) is 39.0 Å². The minimum atomic E-state index is -2.56. The molecule has 0 heterocycles. The fourth-order valence-corrected chi connectivity index (χ4v) is 3.12. The lowest BCUT2D eigenvalue weighted by Crippen LogP contribution is -2.08. The summed E-state index contributed by atoms with van der Waals surface area (Å²) in [6.07, 6.45) is 0. The molecular formula is C16H17O3P. The Bertz CT molecular complexity index is 640. The maximum absolute atomic E-state index is 12.2. The van der Waals surface area contributed by atoms with Gasteiger partial charge in [-0.3, -0.25) is 4.57 Å². The SMILES string of the molecule is Cc1cc(C)c(C(=O)O[PH](=O)c2ccccc2)c(C)c1. The van der Waals surface area contributed by atoms with Gasteiger partial charge in [0, 0.05) is 5.30 Å². The molecule has 2 aromatic rings. The molecule has 0 aliphatic heterocycles. The molecule has 104 valence electrons. The standard InChI is InChI=1S/C16H17O3P/c1-11-9-12(2)15(13(3)10-11)16(17)19-20(18)14-7-5-4-6-8-14/h4-10,20H,1-3H3. The van der Waals surface area contributed by atoms with Crippen LogP contribution < -0.4 is 5.30 Å². The molecule has 4 heteroatoms. The molecule has 0 spiro atoms. The number of rotatable bonds is 3. The van der Waals surface area contributed by atoms with Crippen molar-refractivity contribution in [2.75, 3.05) is 0 Å². The van der Waals surface area contributed by atoms with Crippen LogP contribution in [-0.4, -0.2) is 5.97 Å². The van der Waals surface area contributed by atoms with Crippen LogP contribution in [0.25, 0.3) is 0 Å². The Morgan fingerprint density at radius 3 is 2.10 bits per heavy atom. The van der Waals surface area contributed by atoms with Crippen molar-refractivity contribution in [3.05, 3.63) is 64.7 Å². The fraction of sp³-hybridized carbons (Fsp3) is 0.188. The first-order valence-corrected chi connectivity index (χ1v) is 7.70. The van der Waals surface area contributed by atoms with Crippen molar-refractivity contribution in [3.8, 4) is 0 Å². The Kier molecular flexibility index (Phi) is 4.41. The largest absolute Gasteiger partial charge is 0.407 e. The zero-order valence-electron chi connectivity index (χ0n) is 11.8. The van der Waals surface area contributed by atoms with Crippen LogP contribution in [0.1, 0.15) is 27.0 Å². The Morgan fingerprint density at radius 1 is 1.00 bits per heavy atom. The zero-order chi connectivity index (χ0) is 14.7. The highest BCUT2D eigenvalue weighted by molar-refractivity contribution is 7.49. The van der Waals surface area contributed by atoms with Crippen LogP contribution >= 0.6 is 8.03 Å². The summed E-state index contributed by atoms with van der Waals surface area (Å²) in [5, 5.41) is 0.549. The number of aryl methyl sites for hydroxylation is 3. The molecule has 0 bridgehead atoms. The topological polar surface area (TPSA) is 43.4 Å². The molecule has 1 atom stereocenters. The molecule has 1 unspecified atom stereocenters. The van der Waals surface area contributed by atoms with Gasteiger partial charge in [0.05, 0.1) is 5.56 Å². The molecule has 2 aromatic carbocycles. The average Bonchev–Trinajstić information content (AvgIpc) is 2.38. The van der Waals surface area contributed by atoms with Crippen LogP contribution in [0, 0.1) is 20.8 Å². The summed E-state index contributed by atoms with van der Waals surface area (Å²) in [5.41, 5.74) is 3.28. The van der Waals surface area contributed by atoms with E-state index < -0.39 is 14.0 Å². The van der Waals surface area contributed by atoms with Crippen molar-refractivity contribution in [1.29, 1.82) is 0 Å². The molecule has 2 rings (SSSR count). The van der Waals surface area contributed by atoms with Gasteiger partial charge in [0.2, 0.25) is 0 Å². The normalized spacial score (nSPS) is 11.9. The maximum Gasteiger partial charge on any atom is 0.343 e. The third-order valence-electron chi connectivity index (χ3n) is 3.08. The number of benzene rings is 2. The van der Waals surface area contributed by atoms with Gasteiger partial charge >= 0.3 is 5.97 Å². The Hall–Kier alpha value is -1.86. The smallest absolute Gasteiger partial charge is 0.343 e. The molecule has 0 N–H and O–H groups in total. The quantitative estimate of drug-likeness (QED) is 0.811. The summed E-state index contributed by atoms with van der Waals surface area (Å²) in [6, 6.07) is 12.6. The van der Waals surface area contributed by atoms with Crippen molar-refractivity contribution in [2.24, 2.45) is 0 Å². The molecule has 0 radical (unpaired) electrons. The van der Waals surface area contributed by atoms with E-state index in [2.05, 4.69) is 0 Å². The van der Waals surface area contributed by atoms with Crippen molar-refractivity contribution < 1.29 is 13.9 Å². The minimum absolute atomic E-state index is 0.505. The van der Waals surface area contributed by atoms with E-state index in [1.165, 1.54) is 0 Å². The lowest BCUT2D eigenvalue weighted by Gasteiger charge is -2.11. The van der Waals surface area contributed by atoms with E-state index >= 15 is 0 Å². The second-order valence-corrected chi connectivity index (χ2v) is 6.17. The van der Waals surface area contributed by atoms with Gasteiger partial charge in [-0.15, -0.1) is 0 Å². The Morgan fingerprint density at radius 2 is 1.55 bits per heavy atom. The van der Waals surface area contributed by atoms with Gasteiger partial charge in [0.15, 0.2) is 0 Å². The molecular weight excluding hydrogens is 271 g/mol.